The van der Waals surface area contributed by atoms with Crippen molar-refractivity contribution in [3.8, 4) is 0 Å². The summed E-state index contributed by atoms with van der Waals surface area (Å²) in [5.41, 5.74) is 0.642. The Balaban J connectivity index is 2.22. The number of rotatable bonds is 2. The summed E-state index contributed by atoms with van der Waals surface area (Å²) in [6.07, 6.45) is 0. The molecule has 0 saturated carbocycles. The molecule has 0 unspecified atom stereocenters. The molecule has 2 rings (SSSR count). The molecule has 0 aromatic carbocycles. The summed E-state index contributed by atoms with van der Waals surface area (Å²) in [4.78, 5) is 29.4. The highest BCUT2D eigenvalue weighted by molar-refractivity contribution is 7.17. The molecule has 92 valence electrons. The predicted octanol–water partition coefficient (Wildman–Crippen LogP) is 0.174. The third-order valence-electron chi connectivity index (χ3n) is 2.46. The highest BCUT2D eigenvalue weighted by atomic mass is 32.1. The summed E-state index contributed by atoms with van der Waals surface area (Å²) in [5, 5.41) is 3.43. The number of amides is 1. The number of aromatic nitrogens is 1. The number of carbonyl (C=O) groups excluding carboxylic acids is 2. The maximum absolute atomic E-state index is 11.4. The van der Waals surface area contributed by atoms with Gasteiger partial charge in [-0.3, -0.25) is 4.79 Å². The first kappa shape index (κ1) is 11.8. The second-order valence-corrected chi connectivity index (χ2v) is 4.65. The maximum atomic E-state index is 11.4. The molecule has 0 bridgehead atoms. The van der Waals surface area contributed by atoms with Gasteiger partial charge in [-0.25, -0.2) is 9.78 Å². The van der Waals surface area contributed by atoms with E-state index in [-0.39, 0.29) is 18.4 Å². The molecular formula is C10H13N3O3S. The van der Waals surface area contributed by atoms with Crippen molar-refractivity contribution in [1.82, 2.24) is 10.3 Å². The summed E-state index contributed by atoms with van der Waals surface area (Å²) in [5.74, 6) is -0.406. The van der Waals surface area contributed by atoms with E-state index in [1.165, 1.54) is 18.4 Å². The predicted molar refractivity (Wildman–Crippen MR) is 63.4 cm³/mol. The number of hydrogen-bond donors (Lipinski definition) is 1. The third kappa shape index (κ3) is 2.38. The van der Waals surface area contributed by atoms with Gasteiger partial charge in [0, 0.05) is 13.1 Å². The molecule has 0 spiro atoms. The molecule has 1 aromatic heterocycles. The highest BCUT2D eigenvalue weighted by Gasteiger charge is 2.22. The zero-order chi connectivity index (χ0) is 12.4. The molecule has 0 radical (unpaired) electrons. The highest BCUT2D eigenvalue weighted by Crippen LogP contribution is 2.26. The first-order valence-electron chi connectivity index (χ1n) is 5.19. The fourth-order valence-corrected chi connectivity index (χ4v) is 2.61. The first-order chi connectivity index (χ1) is 8.11. The van der Waals surface area contributed by atoms with E-state index in [0.29, 0.717) is 28.8 Å². The number of thiazole rings is 1. The summed E-state index contributed by atoms with van der Waals surface area (Å²) in [7, 11) is 1.34. The zero-order valence-electron chi connectivity index (χ0n) is 9.65. The lowest BCUT2D eigenvalue weighted by molar-refractivity contribution is -0.120. The quantitative estimate of drug-likeness (QED) is 0.763. The number of esters is 1. The van der Waals surface area contributed by atoms with Crippen molar-refractivity contribution in [3.63, 3.8) is 0 Å². The van der Waals surface area contributed by atoms with Gasteiger partial charge in [0.25, 0.3) is 0 Å². The van der Waals surface area contributed by atoms with Crippen LogP contribution >= 0.6 is 11.3 Å². The van der Waals surface area contributed by atoms with Gasteiger partial charge in [-0.2, -0.15) is 0 Å². The minimum absolute atomic E-state index is 0.0243. The Morgan fingerprint density at radius 2 is 2.35 bits per heavy atom. The molecule has 1 fully saturated rings. The summed E-state index contributed by atoms with van der Waals surface area (Å²) in [6.45, 7) is 3.36. The van der Waals surface area contributed by atoms with Crippen LogP contribution in [0.3, 0.4) is 0 Å². The average Bonchev–Trinajstić information content (AvgIpc) is 2.70. The molecule has 1 aliphatic rings. The second kappa shape index (κ2) is 4.70. The Morgan fingerprint density at radius 3 is 3.00 bits per heavy atom. The summed E-state index contributed by atoms with van der Waals surface area (Å²) in [6, 6.07) is 0. The van der Waals surface area contributed by atoms with Gasteiger partial charge in [-0.1, -0.05) is 11.3 Å². The zero-order valence-corrected chi connectivity index (χ0v) is 10.5. The minimum Gasteiger partial charge on any atom is -0.465 e. The van der Waals surface area contributed by atoms with Gasteiger partial charge in [-0.15, -0.1) is 0 Å². The van der Waals surface area contributed by atoms with Crippen molar-refractivity contribution in [2.45, 2.75) is 6.92 Å². The van der Waals surface area contributed by atoms with Crippen LogP contribution < -0.4 is 10.2 Å². The van der Waals surface area contributed by atoms with Crippen molar-refractivity contribution in [3.05, 3.63) is 10.6 Å². The van der Waals surface area contributed by atoms with Crippen molar-refractivity contribution < 1.29 is 14.3 Å². The fourth-order valence-electron chi connectivity index (χ4n) is 1.60. The van der Waals surface area contributed by atoms with Crippen LogP contribution in [0.4, 0.5) is 5.13 Å². The normalized spacial score (nSPS) is 15.6. The van der Waals surface area contributed by atoms with Crippen LogP contribution in [0.2, 0.25) is 0 Å². The Hall–Kier alpha value is -1.63. The van der Waals surface area contributed by atoms with Gasteiger partial charge in [0.05, 0.1) is 19.3 Å². The average molecular weight is 255 g/mol. The van der Waals surface area contributed by atoms with E-state index in [4.69, 9.17) is 0 Å². The molecule has 0 aliphatic carbocycles. The first-order valence-corrected chi connectivity index (χ1v) is 6.01. The van der Waals surface area contributed by atoms with Gasteiger partial charge < -0.3 is 15.0 Å². The van der Waals surface area contributed by atoms with E-state index < -0.39 is 0 Å². The van der Waals surface area contributed by atoms with Gasteiger partial charge in [0.1, 0.15) is 4.88 Å². The molecule has 1 aromatic rings. The Labute approximate surface area is 103 Å². The monoisotopic (exact) mass is 255 g/mol. The van der Waals surface area contributed by atoms with E-state index in [1.54, 1.807) is 6.92 Å². The number of aryl methyl sites for hydroxylation is 1. The Kier molecular flexibility index (Phi) is 3.28. The Morgan fingerprint density at radius 1 is 1.59 bits per heavy atom. The van der Waals surface area contributed by atoms with E-state index in [1.807, 2.05) is 4.90 Å². The smallest absolute Gasteiger partial charge is 0.350 e. The van der Waals surface area contributed by atoms with Crippen LogP contribution in [-0.4, -0.2) is 43.6 Å². The van der Waals surface area contributed by atoms with E-state index in [9.17, 15) is 9.59 Å². The van der Waals surface area contributed by atoms with Crippen LogP contribution in [0.15, 0.2) is 0 Å². The molecule has 0 atom stereocenters. The van der Waals surface area contributed by atoms with Crippen LogP contribution in [0, 0.1) is 6.92 Å². The van der Waals surface area contributed by atoms with Gasteiger partial charge in [0.15, 0.2) is 5.13 Å². The number of anilines is 1. The molecule has 1 aliphatic heterocycles. The van der Waals surface area contributed by atoms with E-state index >= 15 is 0 Å². The molecule has 1 N–H and O–H groups in total. The summed E-state index contributed by atoms with van der Waals surface area (Å²) >= 11 is 1.26. The number of nitrogens with one attached hydrogen (secondary N) is 1. The van der Waals surface area contributed by atoms with Crippen LogP contribution in [0.1, 0.15) is 15.4 Å². The second-order valence-electron chi connectivity index (χ2n) is 3.67. The topological polar surface area (TPSA) is 71.5 Å². The lowest BCUT2D eigenvalue weighted by Gasteiger charge is -2.25. The largest absolute Gasteiger partial charge is 0.465 e. The van der Waals surface area contributed by atoms with Crippen molar-refractivity contribution in [2.75, 3.05) is 31.6 Å². The third-order valence-corrected chi connectivity index (χ3v) is 3.66. The Bertz CT molecular complexity index is 458. The van der Waals surface area contributed by atoms with Crippen molar-refractivity contribution in [2.24, 2.45) is 0 Å². The summed E-state index contributed by atoms with van der Waals surface area (Å²) < 4.78 is 4.67. The van der Waals surface area contributed by atoms with Gasteiger partial charge in [0.2, 0.25) is 5.91 Å². The lowest BCUT2D eigenvalue weighted by atomic mass is 10.4. The van der Waals surface area contributed by atoms with Gasteiger partial charge >= 0.3 is 5.97 Å². The number of ether oxygens (including phenoxy) is 1. The SMILES string of the molecule is COC(=O)c1sc(N2CCNC(=O)C2)nc1C. The molecule has 1 saturated heterocycles. The number of carbonyl (C=O) groups is 2. The molecule has 6 nitrogen and oxygen atoms in total. The lowest BCUT2D eigenvalue weighted by Crippen LogP contribution is -2.47. The van der Waals surface area contributed by atoms with Crippen LogP contribution in [-0.2, 0) is 9.53 Å². The maximum Gasteiger partial charge on any atom is 0.350 e. The van der Waals surface area contributed by atoms with Crippen molar-refractivity contribution in [1.29, 1.82) is 0 Å². The number of nitrogens with zero attached hydrogens (tertiary/aromatic N) is 2. The minimum atomic E-state index is -0.382. The standard InChI is InChI=1S/C10H13N3O3S/c1-6-8(9(15)16-2)17-10(12-6)13-4-3-11-7(14)5-13/h3-5H2,1-2H3,(H,11,14). The molecule has 7 heteroatoms. The van der Waals surface area contributed by atoms with E-state index in [0.717, 1.165) is 0 Å². The fraction of sp³-hybridized carbons (Fsp3) is 0.500. The molecule has 1 amide bonds. The number of methoxy groups -OCH3 is 1. The molecule has 2 heterocycles. The van der Waals surface area contributed by atoms with Gasteiger partial charge in [-0.05, 0) is 6.92 Å². The molecule has 17 heavy (non-hydrogen) atoms. The van der Waals surface area contributed by atoms with E-state index in [2.05, 4.69) is 15.0 Å². The molecular weight excluding hydrogens is 242 g/mol. The van der Waals surface area contributed by atoms with Crippen LogP contribution in [0.25, 0.3) is 0 Å². The number of hydrogen-bond acceptors (Lipinski definition) is 6. The van der Waals surface area contributed by atoms with Crippen LogP contribution in [0.5, 0.6) is 0 Å². The van der Waals surface area contributed by atoms with Crippen molar-refractivity contribution >= 4 is 28.3 Å². The number of piperazine rings is 1.